The molecule has 0 bridgehead atoms. The van der Waals surface area contributed by atoms with Crippen LogP contribution in [0.4, 0.5) is 4.39 Å². The Morgan fingerprint density at radius 3 is 2.94 bits per heavy atom. The Labute approximate surface area is 97.4 Å². The summed E-state index contributed by atoms with van der Waals surface area (Å²) < 4.78 is 37.1. The van der Waals surface area contributed by atoms with Crippen molar-refractivity contribution in [3.63, 3.8) is 0 Å². The minimum Gasteiger partial charge on any atom is -0.336 e. The number of hydrogen-bond acceptors (Lipinski definition) is 4. The van der Waals surface area contributed by atoms with Gasteiger partial charge in [0.1, 0.15) is 6.67 Å². The normalized spacial score (nSPS) is 11.8. The summed E-state index contributed by atoms with van der Waals surface area (Å²) in [5.41, 5.74) is 0.509. The number of hydrogen-bond donors (Lipinski definition) is 1. The first-order chi connectivity index (χ1) is 8.12. The van der Waals surface area contributed by atoms with Gasteiger partial charge >= 0.3 is 0 Å². The minimum atomic E-state index is -3.49. The summed E-state index contributed by atoms with van der Waals surface area (Å²) in [7, 11) is -3.49. The molecular formula is C9H11FN4O2S. The number of aromatic nitrogens is 4. The zero-order valence-corrected chi connectivity index (χ0v) is 9.69. The number of rotatable bonds is 5. The second-order valence-corrected chi connectivity index (χ2v) is 5.36. The average Bonchev–Trinajstić information content (AvgIpc) is 2.88. The van der Waals surface area contributed by atoms with E-state index in [1.54, 1.807) is 0 Å². The summed E-state index contributed by atoms with van der Waals surface area (Å²) >= 11 is 0. The molecule has 8 heteroatoms. The fourth-order valence-electron chi connectivity index (χ4n) is 1.40. The summed E-state index contributed by atoms with van der Waals surface area (Å²) in [6, 6.07) is 0. The highest BCUT2D eigenvalue weighted by Gasteiger charge is 2.18. The van der Waals surface area contributed by atoms with Gasteiger partial charge in [0.05, 0.1) is 18.5 Å². The van der Waals surface area contributed by atoms with Crippen LogP contribution in [0.1, 0.15) is 5.56 Å². The van der Waals surface area contributed by atoms with E-state index in [9.17, 15) is 12.8 Å². The van der Waals surface area contributed by atoms with E-state index >= 15 is 0 Å². The van der Waals surface area contributed by atoms with Crippen LogP contribution in [-0.2, 0) is 22.1 Å². The highest BCUT2D eigenvalue weighted by molar-refractivity contribution is 7.90. The second kappa shape index (κ2) is 4.66. The molecular weight excluding hydrogens is 247 g/mol. The van der Waals surface area contributed by atoms with Gasteiger partial charge in [0.25, 0.3) is 0 Å². The third-order valence-electron chi connectivity index (χ3n) is 2.12. The predicted molar refractivity (Wildman–Crippen MR) is 57.7 cm³/mol. The molecule has 2 heterocycles. The van der Waals surface area contributed by atoms with Crippen LogP contribution in [0.2, 0.25) is 0 Å². The minimum absolute atomic E-state index is 0.0734. The van der Waals surface area contributed by atoms with E-state index in [-0.39, 0.29) is 17.5 Å². The molecule has 6 nitrogen and oxygen atoms in total. The van der Waals surface area contributed by atoms with Crippen LogP contribution in [0.5, 0.6) is 0 Å². The number of aromatic amines is 1. The Morgan fingerprint density at radius 1 is 1.47 bits per heavy atom. The zero-order valence-electron chi connectivity index (χ0n) is 8.88. The number of aryl methyl sites for hydroxylation is 1. The monoisotopic (exact) mass is 258 g/mol. The number of alkyl halides is 1. The van der Waals surface area contributed by atoms with Gasteiger partial charge in [-0.2, -0.15) is 5.10 Å². The van der Waals surface area contributed by atoms with Crippen LogP contribution in [0.25, 0.3) is 0 Å². The van der Waals surface area contributed by atoms with Crippen LogP contribution >= 0.6 is 0 Å². The highest BCUT2D eigenvalue weighted by atomic mass is 32.2. The third-order valence-corrected chi connectivity index (χ3v) is 3.65. The lowest BCUT2D eigenvalue weighted by Gasteiger charge is -1.98. The molecule has 0 saturated heterocycles. The van der Waals surface area contributed by atoms with Crippen molar-refractivity contribution in [3.05, 3.63) is 30.4 Å². The summed E-state index contributed by atoms with van der Waals surface area (Å²) in [6.45, 7) is -0.410. The van der Waals surface area contributed by atoms with E-state index < -0.39 is 16.5 Å². The smallest absolute Gasteiger partial charge is 0.225 e. The van der Waals surface area contributed by atoms with Crippen molar-refractivity contribution < 1.29 is 12.8 Å². The molecule has 0 amide bonds. The highest BCUT2D eigenvalue weighted by Crippen LogP contribution is 2.11. The fourth-order valence-corrected chi connectivity index (χ4v) is 2.59. The quantitative estimate of drug-likeness (QED) is 0.849. The molecule has 0 aliphatic heterocycles. The molecule has 0 unspecified atom stereocenters. The van der Waals surface area contributed by atoms with Crippen LogP contribution in [0.15, 0.2) is 29.9 Å². The molecule has 0 aliphatic rings. The summed E-state index contributed by atoms with van der Waals surface area (Å²) in [4.78, 5) is 6.24. The molecule has 0 aromatic carbocycles. The number of nitrogens with one attached hydrogen (secondary N) is 1. The molecule has 2 aromatic heterocycles. The topological polar surface area (TPSA) is 80.6 Å². The molecule has 0 saturated carbocycles. The lowest BCUT2D eigenvalue weighted by atomic mass is 10.4. The van der Waals surface area contributed by atoms with Crippen molar-refractivity contribution in [2.45, 2.75) is 17.5 Å². The van der Waals surface area contributed by atoms with Gasteiger partial charge in [-0.15, -0.1) is 0 Å². The molecule has 17 heavy (non-hydrogen) atoms. The first kappa shape index (κ1) is 11.8. The SMILES string of the molecule is O=S(=O)(Cc1cnn(CCF)c1)c1ncc[nH]1. The molecule has 2 rings (SSSR count). The molecule has 0 spiro atoms. The van der Waals surface area contributed by atoms with Crippen LogP contribution in [0, 0.1) is 0 Å². The molecule has 0 radical (unpaired) electrons. The van der Waals surface area contributed by atoms with Gasteiger partial charge in [0.2, 0.25) is 15.0 Å². The maximum atomic E-state index is 12.1. The van der Waals surface area contributed by atoms with E-state index in [4.69, 9.17) is 0 Å². The Kier molecular flexibility index (Phi) is 3.23. The first-order valence-electron chi connectivity index (χ1n) is 4.91. The number of imidazole rings is 1. The Morgan fingerprint density at radius 2 is 2.29 bits per heavy atom. The molecule has 2 aromatic rings. The Bertz CT molecular complexity index is 576. The van der Waals surface area contributed by atoms with Crippen molar-refractivity contribution in [1.29, 1.82) is 0 Å². The Hall–Kier alpha value is -1.70. The van der Waals surface area contributed by atoms with E-state index in [0.717, 1.165) is 0 Å². The van der Waals surface area contributed by atoms with Crippen molar-refractivity contribution >= 4 is 9.84 Å². The Balaban J connectivity index is 2.15. The average molecular weight is 258 g/mol. The molecule has 0 fully saturated rings. The standard InChI is InChI=1S/C9H11FN4O2S/c10-1-4-14-6-8(5-13-14)7-17(15,16)9-11-2-3-12-9/h2-3,5-6H,1,4,7H2,(H,11,12). The van der Waals surface area contributed by atoms with Crippen molar-refractivity contribution in [1.82, 2.24) is 19.7 Å². The molecule has 0 atom stereocenters. The maximum absolute atomic E-state index is 12.1. The largest absolute Gasteiger partial charge is 0.336 e. The van der Waals surface area contributed by atoms with Gasteiger partial charge in [0, 0.05) is 24.2 Å². The fraction of sp³-hybridized carbons (Fsp3) is 0.333. The van der Waals surface area contributed by atoms with E-state index in [2.05, 4.69) is 15.1 Å². The van der Waals surface area contributed by atoms with E-state index in [1.165, 1.54) is 29.5 Å². The molecule has 92 valence electrons. The molecule has 1 N–H and O–H groups in total. The van der Waals surface area contributed by atoms with Crippen molar-refractivity contribution in [3.8, 4) is 0 Å². The first-order valence-corrected chi connectivity index (χ1v) is 6.56. The lowest BCUT2D eigenvalue weighted by molar-refractivity contribution is 0.427. The van der Waals surface area contributed by atoms with Crippen molar-refractivity contribution in [2.75, 3.05) is 6.67 Å². The second-order valence-electron chi connectivity index (χ2n) is 3.45. The number of nitrogens with zero attached hydrogens (tertiary/aromatic N) is 3. The van der Waals surface area contributed by atoms with Gasteiger partial charge in [-0.05, 0) is 0 Å². The summed E-state index contributed by atoms with van der Waals surface area (Å²) in [5.74, 6) is -0.202. The van der Waals surface area contributed by atoms with Crippen LogP contribution < -0.4 is 0 Å². The maximum Gasteiger partial charge on any atom is 0.225 e. The van der Waals surface area contributed by atoms with Gasteiger partial charge in [-0.25, -0.2) is 17.8 Å². The zero-order chi connectivity index (χ0) is 12.3. The van der Waals surface area contributed by atoms with Gasteiger partial charge in [0.15, 0.2) is 0 Å². The van der Waals surface area contributed by atoms with Crippen molar-refractivity contribution in [2.24, 2.45) is 0 Å². The van der Waals surface area contributed by atoms with E-state index in [0.29, 0.717) is 5.56 Å². The number of sulfone groups is 1. The number of H-pyrrole nitrogens is 1. The van der Waals surface area contributed by atoms with Crippen LogP contribution in [-0.4, -0.2) is 34.8 Å². The summed E-state index contributed by atoms with van der Waals surface area (Å²) in [6.07, 6.45) is 5.75. The lowest BCUT2D eigenvalue weighted by Crippen LogP contribution is -2.06. The number of halogens is 1. The predicted octanol–water partition coefficient (Wildman–Crippen LogP) is 0.550. The molecule has 0 aliphatic carbocycles. The summed E-state index contributed by atoms with van der Waals surface area (Å²) in [5, 5.41) is 3.78. The van der Waals surface area contributed by atoms with Gasteiger partial charge in [-0.1, -0.05) is 0 Å². The van der Waals surface area contributed by atoms with Crippen LogP contribution in [0.3, 0.4) is 0 Å². The van der Waals surface area contributed by atoms with Gasteiger partial charge < -0.3 is 4.98 Å². The third kappa shape index (κ3) is 2.70. The van der Waals surface area contributed by atoms with E-state index in [1.807, 2.05) is 0 Å². The van der Waals surface area contributed by atoms with Gasteiger partial charge in [-0.3, -0.25) is 4.68 Å².